The van der Waals surface area contributed by atoms with Crippen molar-refractivity contribution in [1.29, 1.82) is 0 Å². The summed E-state index contributed by atoms with van der Waals surface area (Å²) < 4.78 is 9.58. The van der Waals surface area contributed by atoms with Gasteiger partial charge in [-0.15, -0.1) is 0 Å². The van der Waals surface area contributed by atoms with Gasteiger partial charge in [-0.2, -0.15) is 0 Å². The molecule has 0 radical (unpaired) electrons. The number of ether oxygens (including phenoxy) is 2. The van der Waals surface area contributed by atoms with Gasteiger partial charge in [-0.25, -0.2) is 0 Å². The summed E-state index contributed by atoms with van der Waals surface area (Å²) in [6.45, 7) is 3.55. The van der Waals surface area contributed by atoms with Crippen LogP contribution in [-0.4, -0.2) is 38.0 Å². The van der Waals surface area contributed by atoms with Crippen molar-refractivity contribution in [3.8, 4) is 0 Å². The lowest BCUT2D eigenvalue weighted by atomic mass is 9.93. The molecule has 1 unspecified atom stereocenters. The first kappa shape index (κ1) is 11.4. The molecule has 4 nitrogen and oxygen atoms in total. The van der Waals surface area contributed by atoms with Crippen LogP contribution in [0.1, 0.15) is 13.8 Å². The van der Waals surface area contributed by atoms with Crippen LogP contribution in [0.15, 0.2) is 0 Å². The lowest BCUT2D eigenvalue weighted by molar-refractivity contribution is -0.160. The first-order valence-corrected chi connectivity index (χ1v) is 3.87. The Bertz CT molecular complexity index is 146. The molecule has 0 bridgehead atoms. The predicted octanol–water partition coefficient (Wildman–Crippen LogP) is 0.194. The molecule has 0 aliphatic heterocycles. The Morgan fingerprint density at radius 3 is 2.50 bits per heavy atom. The summed E-state index contributed by atoms with van der Waals surface area (Å²) in [7, 11) is 1.48. The molecule has 0 saturated heterocycles. The zero-order valence-corrected chi connectivity index (χ0v) is 7.79. The zero-order valence-electron chi connectivity index (χ0n) is 7.79. The summed E-state index contributed by atoms with van der Waals surface area (Å²) in [6.07, 6.45) is 0. The van der Waals surface area contributed by atoms with E-state index in [2.05, 4.69) is 0 Å². The van der Waals surface area contributed by atoms with Crippen molar-refractivity contribution >= 4 is 5.97 Å². The molecule has 12 heavy (non-hydrogen) atoms. The number of rotatable bonds is 5. The summed E-state index contributed by atoms with van der Waals surface area (Å²) in [4.78, 5) is 11.2. The van der Waals surface area contributed by atoms with Crippen molar-refractivity contribution in [2.45, 2.75) is 13.8 Å². The Balaban J connectivity index is 4.18. The number of carbonyl (C=O) groups excluding carboxylic acids is 1. The van der Waals surface area contributed by atoms with E-state index in [1.807, 2.05) is 0 Å². The Kier molecular flexibility index (Phi) is 4.85. The second-order valence-electron chi connectivity index (χ2n) is 2.87. The Hall–Kier alpha value is -0.610. The molecule has 1 atom stereocenters. The zero-order chi connectivity index (χ0) is 9.61. The highest BCUT2D eigenvalue weighted by Crippen LogP contribution is 2.17. The molecule has 0 fully saturated rings. The molecule has 0 spiro atoms. The molecular formula is C8H16O4. The third kappa shape index (κ3) is 2.79. The van der Waals surface area contributed by atoms with Crippen molar-refractivity contribution in [3.05, 3.63) is 0 Å². The largest absolute Gasteiger partial charge is 0.465 e. The predicted molar refractivity (Wildman–Crippen MR) is 43.7 cm³/mol. The van der Waals surface area contributed by atoms with Gasteiger partial charge in [-0.05, 0) is 13.8 Å². The van der Waals surface area contributed by atoms with Crippen molar-refractivity contribution in [3.63, 3.8) is 0 Å². The molecule has 0 amide bonds. The highest BCUT2D eigenvalue weighted by Gasteiger charge is 2.34. The third-order valence-electron chi connectivity index (χ3n) is 1.58. The van der Waals surface area contributed by atoms with Gasteiger partial charge in [-0.1, -0.05) is 0 Å². The van der Waals surface area contributed by atoms with E-state index in [4.69, 9.17) is 14.6 Å². The van der Waals surface area contributed by atoms with E-state index in [0.29, 0.717) is 6.61 Å². The van der Waals surface area contributed by atoms with Crippen LogP contribution in [0.3, 0.4) is 0 Å². The fraction of sp³-hybridized carbons (Fsp3) is 0.875. The molecule has 0 aliphatic carbocycles. The number of hydrogen-bond acceptors (Lipinski definition) is 4. The summed E-state index contributed by atoms with van der Waals surface area (Å²) in [5, 5.41) is 8.93. The summed E-state index contributed by atoms with van der Waals surface area (Å²) >= 11 is 0. The topological polar surface area (TPSA) is 55.8 Å². The molecule has 0 aromatic rings. The number of aliphatic hydroxyl groups is 1. The van der Waals surface area contributed by atoms with Gasteiger partial charge in [0, 0.05) is 7.11 Å². The molecule has 1 N–H and O–H groups in total. The lowest BCUT2D eigenvalue weighted by Gasteiger charge is -2.23. The molecule has 0 heterocycles. The quantitative estimate of drug-likeness (QED) is 0.608. The van der Waals surface area contributed by atoms with Gasteiger partial charge in [0.15, 0.2) is 0 Å². The molecule has 0 saturated carbocycles. The van der Waals surface area contributed by atoms with Crippen LogP contribution >= 0.6 is 0 Å². The highest BCUT2D eigenvalue weighted by molar-refractivity contribution is 5.76. The standard InChI is InChI=1S/C8H16O4/c1-4-12-7(10)8(2,5-9)6-11-3/h9H,4-6H2,1-3H3. The maximum absolute atomic E-state index is 11.2. The minimum Gasteiger partial charge on any atom is -0.465 e. The van der Waals surface area contributed by atoms with Crippen LogP contribution in [0.25, 0.3) is 0 Å². The van der Waals surface area contributed by atoms with Gasteiger partial charge in [0.2, 0.25) is 0 Å². The monoisotopic (exact) mass is 176 g/mol. The van der Waals surface area contributed by atoms with Crippen LogP contribution in [0, 0.1) is 5.41 Å². The van der Waals surface area contributed by atoms with E-state index in [1.165, 1.54) is 7.11 Å². The summed E-state index contributed by atoms with van der Waals surface area (Å²) in [5.41, 5.74) is -0.926. The molecule has 0 aromatic heterocycles. The minimum atomic E-state index is -0.926. The molecule has 0 aliphatic rings. The van der Waals surface area contributed by atoms with Gasteiger partial charge in [0.05, 0.1) is 19.8 Å². The van der Waals surface area contributed by atoms with Crippen LogP contribution in [0.2, 0.25) is 0 Å². The Morgan fingerprint density at radius 2 is 2.17 bits per heavy atom. The van der Waals surface area contributed by atoms with Crippen LogP contribution < -0.4 is 0 Å². The molecule has 0 aromatic carbocycles. The normalized spacial score (nSPS) is 15.3. The number of carbonyl (C=O) groups is 1. The van der Waals surface area contributed by atoms with E-state index < -0.39 is 11.4 Å². The lowest BCUT2D eigenvalue weighted by Crippen LogP contribution is -2.37. The molecular weight excluding hydrogens is 160 g/mol. The van der Waals surface area contributed by atoms with E-state index in [9.17, 15) is 4.79 Å². The number of methoxy groups -OCH3 is 1. The number of hydrogen-bond donors (Lipinski definition) is 1. The van der Waals surface area contributed by atoms with Crippen molar-refractivity contribution < 1.29 is 19.4 Å². The van der Waals surface area contributed by atoms with Crippen LogP contribution in [0.4, 0.5) is 0 Å². The van der Waals surface area contributed by atoms with Crippen LogP contribution in [0.5, 0.6) is 0 Å². The van der Waals surface area contributed by atoms with Gasteiger partial charge in [0.1, 0.15) is 5.41 Å². The van der Waals surface area contributed by atoms with E-state index in [-0.39, 0.29) is 13.2 Å². The van der Waals surface area contributed by atoms with Gasteiger partial charge < -0.3 is 14.6 Å². The van der Waals surface area contributed by atoms with Crippen molar-refractivity contribution in [1.82, 2.24) is 0 Å². The molecule has 4 heteroatoms. The van der Waals surface area contributed by atoms with Gasteiger partial charge in [-0.3, -0.25) is 4.79 Å². The second-order valence-corrected chi connectivity index (χ2v) is 2.87. The van der Waals surface area contributed by atoms with Crippen molar-refractivity contribution in [2.75, 3.05) is 26.9 Å². The fourth-order valence-corrected chi connectivity index (χ4v) is 0.793. The fourth-order valence-electron chi connectivity index (χ4n) is 0.793. The first-order valence-electron chi connectivity index (χ1n) is 3.87. The minimum absolute atomic E-state index is 0.169. The average Bonchev–Trinajstić information content (AvgIpc) is 2.05. The first-order chi connectivity index (χ1) is 5.60. The van der Waals surface area contributed by atoms with Crippen LogP contribution in [-0.2, 0) is 14.3 Å². The van der Waals surface area contributed by atoms with E-state index >= 15 is 0 Å². The SMILES string of the molecule is CCOC(=O)C(C)(CO)COC. The summed E-state index contributed by atoms with van der Waals surface area (Å²) in [6, 6.07) is 0. The Morgan fingerprint density at radius 1 is 1.58 bits per heavy atom. The van der Waals surface area contributed by atoms with E-state index in [0.717, 1.165) is 0 Å². The highest BCUT2D eigenvalue weighted by atomic mass is 16.5. The molecule has 0 rings (SSSR count). The third-order valence-corrected chi connectivity index (χ3v) is 1.58. The number of aliphatic hydroxyl groups excluding tert-OH is 1. The summed E-state index contributed by atoms with van der Waals surface area (Å²) in [5.74, 6) is -0.422. The maximum Gasteiger partial charge on any atom is 0.316 e. The van der Waals surface area contributed by atoms with Gasteiger partial charge >= 0.3 is 5.97 Å². The maximum atomic E-state index is 11.2. The second kappa shape index (κ2) is 5.11. The Labute approximate surface area is 72.5 Å². The van der Waals surface area contributed by atoms with E-state index in [1.54, 1.807) is 13.8 Å². The smallest absolute Gasteiger partial charge is 0.316 e. The molecule has 72 valence electrons. The van der Waals surface area contributed by atoms with Crippen molar-refractivity contribution in [2.24, 2.45) is 5.41 Å². The number of esters is 1. The average molecular weight is 176 g/mol. The van der Waals surface area contributed by atoms with Gasteiger partial charge in [0.25, 0.3) is 0 Å².